The number of fused-ring (bicyclic) bond motifs is 1. The quantitative estimate of drug-likeness (QED) is 0.910. The Hall–Kier alpha value is -2.23. The number of ether oxygens (including phenoxy) is 1. The van der Waals surface area contributed by atoms with Crippen molar-refractivity contribution in [1.29, 1.82) is 0 Å². The predicted octanol–water partition coefficient (Wildman–Crippen LogP) is 2.41. The van der Waals surface area contributed by atoms with Gasteiger partial charge in [-0.25, -0.2) is 0 Å². The summed E-state index contributed by atoms with van der Waals surface area (Å²) in [6.45, 7) is 2.68. The molecule has 1 aliphatic rings. The maximum absolute atomic E-state index is 11.9. The second-order valence-corrected chi connectivity index (χ2v) is 5.11. The Morgan fingerprint density at radius 1 is 1.20 bits per heavy atom. The summed E-state index contributed by atoms with van der Waals surface area (Å²) in [5, 5.41) is 2.95. The Morgan fingerprint density at radius 3 is 2.65 bits per heavy atom. The van der Waals surface area contributed by atoms with Crippen LogP contribution < -0.4 is 10.1 Å². The Morgan fingerprint density at radius 2 is 1.95 bits per heavy atom. The SMILES string of the molecule is COc1ccc(C2CC(=O)NCc3ccc(C)n32)cc1. The Bertz CT molecular complexity index is 628. The van der Waals surface area contributed by atoms with Gasteiger partial charge in [0.2, 0.25) is 5.91 Å². The van der Waals surface area contributed by atoms with E-state index in [1.54, 1.807) is 7.11 Å². The molecule has 1 atom stereocenters. The van der Waals surface area contributed by atoms with Crippen LogP contribution in [-0.2, 0) is 11.3 Å². The molecule has 0 bridgehead atoms. The first kappa shape index (κ1) is 12.8. The van der Waals surface area contributed by atoms with E-state index in [1.807, 2.05) is 24.3 Å². The molecule has 0 aliphatic carbocycles. The molecule has 0 saturated heterocycles. The number of aryl methyl sites for hydroxylation is 1. The van der Waals surface area contributed by atoms with Crippen LogP contribution in [0.5, 0.6) is 5.75 Å². The molecule has 0 fully saturated rings. The molecule has 0 spiro atoms. The van der Waals surface area contributed by atoms with E-state index in [-0.39, 0.29) is 11.9 Å². The van der Waals surface area contributed by atoms with Gasteiger partial charge in [0.05, 0.1) is 26.1 Å². The van der Waals surface area contributed by atoms with Gasteiger partial charge >= 0.3 is 0 Å². The molecule has 104 valence electrons. The lowest BCUT2D eigenvalue weighted by Gasteiger charge is -2.21. The lowest BCUT2D eigenvalue weighted by molar-refractivity contribution is -0.121. The van der Waals surface area contributed by atoms with E-state index in [0.29, 0.717) is 13.0 Å². The molecular formula is C16H18N2O2. The van der Waals surface area contributed by atoms with Crippen LogP contribution >= 0.6 is 0 Å². The van der Waals surface area contributed by atoms with Crippen molar-refractivity contribution in [3.05, 3.63) is 53.3 Å². The highest BCUT2D eigenvalue weighted by molar-refractivity contribution is 5.77. The van der Waals surface area contributed by atoms with Crippen molar-refractivity contribution in [3.8, 4) is 5.75 Å². The number of benzene rings is 1. The summed E-state index contributed by atoms with van der Waals surface area (Å²) in [6.07, 6.45) is 0.467. The average Bonchev–Trinajstić information content (AvgIpc) is 2.74. The van der Waals surface area contributed by atoms with Gasteiger partial charge in [-0.05, 0) is 36.8 Å². The molecule has 3 rings (SSSR count). The highest BCUT2D eigenvalue weighted by Crippen LogP contribution is 2.29. The van der Waals surface area contributed by atoms with Crippen molar-refractivity contribution >= 4 is 5.91 Å². The fourth-order valence-electron chi connectivity index (χ4n) is 2.82. The summed E-state index contributed by atoms with van der Waals surface area (Å²) in [5.74, 6) is 0.921. The zero-order valence-corrected chi connectivity index (χ0v) is 11.7. The van der Waals surface area contributed by atoms with E-state index in [9.17, 15) is 4.79 Å². The monoisotopic (exact) mass is 270 g/mol. The topological polar surface area (TPSA) is 43.3 Å². The third-order valence-electron chi connectivity index (χ3n) is 3.86. The van der Waals surface area contributed by atoms with Crippen molar-refractivity contribution in [2.45, 2.75) is 25.9 Å². The number of carbonyl (C=O) groups is 1. The van der Waals surface area contributed by atoms with Gasteiger partial charge in [0.25, 0.3) is 0 Å². The Balaban J connectivity index is 2.04. The second kappa shape index (κ2) is 5.04. The normalized spacial score (nSPS) is 18.1. The van der Waals surface area contributed by atoms with Gasteiger partial charge in [0.15, 0.2) is 0 Å². The molecule has 1 N–H and O–H groups in total. The van der Waals surface area contributed by atoms with Crippen molar-refractivity contribution in [3.63, 3.8) is 0 Å². The number of amides is 1. The Labute approximate surface area is 118 Å². The van der Waals surface area contributed by atoms with E-state index >= 15 is 0 Å². The van der Waals surface area contributed by atoms with Crippen molar-refractivity contribution in [2.75, 3.05) is 7.11 Å². The Kier molecular flexibility index (Phi) is 3.22. The number of nitrogens with zero attached hydrogens (tertiary/aromatic N) is 1. The first-order valence-electron chi connectivity index (χ1n) is 6.76. The highest BCUT2D eigenvalue weighted by atomic mass is 16.5. The van der Waals surface area contributed by atoms with Crippen LogP contribution in [0.25, 0.3) is 0 Å². The molecular weight excluding hydrogens is 252 g/mol. The summed E-state index contributed by atoms with van der Waals surface area (Å²) in [7, 11) is 1.66. The fourth-order valence-corrected chi connectivity index (χ4v) is 2.82. The van der Waals surface area contributed by atoms with Gasteiger partial charge < -0.3 is 14.6 Å². The van der Waals surface area contributed by atoms with Gasteiger partial charge in [-0.2, -0.15) is 0 Å². The summed E-state index contributed by atoms with van der Waals surface area (Å²) >= 11 is 0. The van der Waals surface area contributed by atoms with Crippen molar-refractivity contribution in [2.24, 2.45) is 0 Å². The van der Waals surface area contributed by atoms with Gasteiger partial charge in [-0.1, -0.05) is 12.1 Å². The number of methoxy groups -OCH3 is 1. The van der Waals surface area contributed by atoms with Gasteiger partial charge in [-0.3, -0.25) is 4.79 Å². The lowest BCUT2D eigenvalue weighted by Crippen LogP contribution is -2.21. The van der Waals surface area contributed by atoms with Gasteiger partial charge in [-0.15, -0.1) is 0 Å². The van der Waals surface area contributed by atoms with Crippen molar-refractivity contribution in [1.82, 2.24) is 9.88 Å². The van der Waals surface area contributed by atoms with Crippen LogP contribution in [-0.4, -0.2) is 17.6 Å². The second-order valence-electron chi connectivity index (χ2n) is 5.11. The molecule has 1 aromatic carbocycles. The molecule has 1 amide bonds. The molecule has 0 radical (unpaired) electrons. The molecule has 20 heavy (non-hydrogen) atoms. The van der Waals surface area contributed by atoms with Crippen LogP contribution in [0, 0.1) is 6.92 Å². The molecule has 2 aromatic rings. The number of nitrogens with one attached hydrogen (secondary N) is 1. The average molecular weight is 270 g/mol. The largest absolute Gasteiger partial charge is 0.497 e. The number of carbonyl (C=O) groups excluding carboxylic acids is 1. The molecule has 4 nitrogen and oxygen atoms in total. The standard InChI is InChI=1S/C16H18N2O2/c1-11-3-6-13-10-17-16(19)9-15(18(11)13)12-4-7-14(20-2)8-5-12/h3-8,15H,9-10H2,1-2H3,(H,17,19). The zero-order chi connectivity index (χ0) is 14.1. The number of hydrogen-bond donors (Lipinski definition) is 1. The van der Waals surface area contributed by atoms with Crippen LogP contribution in [0.2, 0.25) is 0 Å². The minimum Gasteiger partial charge on any atom is -0.497 e. The van der Waals surface area contributed by atoms with Crippen molar-refractivity contribution < 1.29 is 9.53 Å². The van der Waals surface area contributed by atoms with Crippen LogP contribution in [0.3, 0.4) is 0 Å². The van der Waals surface area contributed by atoms with Gasteiger partial charge in [0.1, 0.15) is 5.75 Å². The number of rotatable bonds is 2. The summed E-state index contributed by atoms with van der Waals surface area (Å²) in [4.78, 5) is 11.9. The third kappa shape index (κ3) is 2.18. The molecule has 1 aromatic heterocycles. The molecule has 1 unspecified atom stereocenters. The lowest BCUT2D eigenvalue weighted by atomic mass is 10.0. The van der Waals surface area contributed by atoms with E-state index in [4.69, 9.17) is 4.74 Å². The van der Waals surface area contributed by atoms with Crippen LogP contribution in [0.4, 0.5) is 0 Å². The summed E-state index contributed by atoms with van der Waals surface area (Å²) < 4.78 is 7.44. The summed E-state index contributed by atoms with van der Waals surface area (Å²) in [5.41, 5.74) is 3.45. The van der Waals surface area contributed by atoms with E-state index < -0.39 is 0 Å². The van der Waals surface area contributed by atoms with E-state index in [1.165, 1.54) is 5.69 Å². The number of hydrogen-bond acceptors (Lipinski definition) is 2. The first-order chi connectivity index (χ1) is 9.69. The van der Waals surface area contributed by atoms with Gasteiger partial charge in [0, 0.05) is 11.4 Å². The minimum absolute atomic E-state index is 0.0495. The molecule has 1 aliphatic heterocycles. The molecule has 2 heterocycles. The minimum atomic E-state index is 0.0495. The first-order valence-corrected chi connectivity index (χ1v) is 6.76. The maximum Gasteiger partial charge on any atom is 0.222 e. The zero-order valence-electron chi connectivity index (χ0n) is 11.7. The molecule has 0 saturated carbocycles. The fraction of sp³-hybridized carbons (Fsp3) is 0.312. The third-order valence-corrected chi connectivity index (χ3v) is 3.86. The smallest absolute Gasteiger partial charge is 0.222 e. The van der Waals surface area contributed by atoms with E-state index in [2.05, 4.69) is 28.9 Å². The maximum atomic E-state index is 11.9. The van der Waals surface area contributed by atoms with E-state index in [0.717, 1.165) is 17.0 Å². The highest BCUT2D eigenvalue weighted by Gasteiger charge is 2.24. The van der Waals surface area contributed by atoms with Crippen LogP contribution in [0.15, 0.2) is 36.4 Å². The predicted molar refractivity (Wildman–Crippen MR) is 76.8 cm³/mol. The summed E-state index contributed by atoms with van der Waals surface area (Å²) in [6, 6.07) is 12.2. The van der Waals surface area contributed by atoms with Crippen LogP contribution in [0.1, 0.15) is 29.4 Å². The number of aromatic nitrogens is 1. The molecule has 4 heteroatoms.